The molecule has 0 unspecified atom stereocenters. The fourth-order valence-electron chi connectivity index (χ4n) is 2.69. The first-order chi connectivity index (χ1) is 8.58. The maximum Gasteiger partial charge on any atom is 0.135 e. The van der Waals surface area contributed by atoms with Gasteiger partial charge in [0, 0.05) is 29.1 Å². The predicted octanol–water partition coefficient (Wildman–Crippen LogP) is 4.11. The zero-order chi connectivity index (χ0) is 12.9. The molecule has 0 N–H and O–H groups in total. The third-order valence-electron chi connectivity index (χ3n) is 3.56. The molecule has 0 radical (unpaired) electrons. The smallest absolute Gasteiger partial charge is 0.135 e. The normalized spacial score (nSPS) is 15.9. The molecule has 1 aliphatic heterocycles. The molecule has 0 bridgehead atoms. The highest BCUT2D eigenvalue weighted by Crippen LogP contribution is 2.37. The Labute approximate surface area is 112 Å². The molecule has 2 aromatic rings. The number of hydrogen-bond donors (Lipinski definition) is 0. The van der Waals surface area contributed by atoms with E-state index in [1.165, 1.54) is 16.5 Å². The lowest BCUT2D eigenvalue weighted by Gasteiger charge is -2.13. The van der Waals surface area contributed by atoms with Gasteiger partial charge in [-0.2, -0.15) is 0 Å². The first kappa shape index (κ1) is 11.8. The maximum absolute atomic E-state index is 6.34. The molecule has 1 aromatic carbocycles. The minimum absolute atomic E-state index is 0.841. The summed E-state index contributed by atoms with van der Waals surface area (Å²) in [6.45, 7) is 7.91. The van der Waals surface area contributed by atoms with Gasteiger partial charge in [0.1, 0.15) is 11.3 Å². The number of hydrogen-bond acceptors (Lipinski definition) is 2. The molecular formula is C15H16ClNO. The summed E-state index contributed by atoms with van der Waals surface area (Å²) in [6.07, 6.45) is 0.967. The molecule has 18 heavy (non-hydrogen) atoms. The van der Waals surface area contributed by atoms with Gasteiger partial charge in [-0.25, -0.2) is 0 Å². The van der Waals surface area contributed by atoms with Crippen molar-refractivity contribution in [3.63, 3.8) is 0 Å². The third-order valence-corrected chi connectivity index (χ3v) is 3.92. The average Bonchev–Trinajstić information content (AvgIpc) is 2.57. The van der Waals surface area contributed by atoms with Crippen LogP contribution in [-0.4, -0.2) is 18.5 Å². The molecule has 0 amide bonds. The molecule has 0 spiro atoms. The van der Waals surface area contributed by atoms with Gasteiger partial charge in [0.2, 0.25) is 0 Å². The largest absolute Gasteiger partial charge is 0.456 e. The standard InChI is InChI=1S/C15H16ClNO/c1-9(2)15-11-8-17(3)7-6-10-12(16)4-5-13(18-15)14(10)11/h4-5H,1,6-8H2,2-3H3. The van der Waals surface area contributed by atoms with Crippen molar-refractivity contribution in [2.24, 2.45) is 0 Å². The number of likely N-dealkylation sites (N-methyl/N-ethyl adjacent to an activating group) is 1. The van der Waals surface area contributed by atoms with Gasteiger partial charge in [0.05, 0.1) is 0 Å². The lowest BCUT2D eigenvalue weighted by atomic mass is 10.0. The fourth-order valence-corrected chi connectivity index (χ4v) is 2.95. The summed E-state index contributed by atoms with van der Waals surface area (Å²) >= 11 is 6.34. The van der Waals surface area contributed by atoms with Crippen LogP contribution in [0.5, 0.6) is 0 Å². The zero-order valence-corrected chi connectivity index (χ0v) is 11.5. The lowest BCUT2D eigenvalue weighted by molar-refractivity contribution is 0.334. The summed E-state index contributed by atoms with van der Waals surface area (Å²) in [6, 6.07) is 3.89. The molecule has 0 fully saturated rings. The maximum atomic E-state index is 6.34. The molecule has 3 heteroatoms. The molecule has 2 heterocycles. The van der Waals surface area contributed by atoms with Crippen molar-refractivity contribution in [1.29, 1.82) is 0 Å². The first-order valence-corrected chi connectivity index (χ1v) is 6.53. The molecule has 2 nitrogen and oxygen atoms in total. The highest BCUT2D eigenvalue weighted by atomic mass is 35.5. The van der Waals surface area contributed by atoms with E-state index in [0.717, 1.165) is 41.4 Å². The number of nitrogens with zero attached hydrogens (tertiary/aromatic N) is 1. The Morgan fingerprint density at radius 1 is 1.39 bits per heavy atom. The Hall–Kier alpha value is -1.25. The van der Waals surface area contributed by atoms with Crippen LogP contribution < -0.4 is 0 Å². The summed E-state index contributed by atoms with van der Waals surface area (Å²) in [4.78, 5) is 2.30. The van der Waals surface area contributed by atoms with Crippen LogP contribution in [-0.2, 0) is 13.0 Å². The van der Waals surface area contributed by atoms with Crippen molar-refractivity contribution >= 4 is 28.1 Å². The van der Waals surface area contributed by atoms with Crippen molar-refractivity contribution in [1.82, 2.24) is 4.90 Å². The second-order valence-electron chi connectivity index (χ2n) is 5.08. The molecule has 0 aliphatic carbocycles. The van der Waals surface area contributed by atoms with E-state index in [0.29, 0.717) is 0 Å². The van der Waals surface area contributed by atoms with Gasteiger partial charge in [0.15, 0.2) is 0 Å². The number of allylic oxidation sites excluding steroid dienone is 1. The molecule has 0 saturated heterocycles. The molecule has 0 saturated carbocycles. The van der Waals surface area contributed by atoms with Crippen LogP contribution in [0.3, 0.4) is 0 Å². The number of rotatable bonds is 1. The SMILES string of the molecule is C=C(C)c1oc2ccc(Cl)c3c2c1CN(C)CC3. The topological polar surface area (TPSA) is 16.4 Å². The van der Waals surface area contributed by atoms with Crippen LogP contribution in [0, 0.1) is 0 Å². The van der Waals surface area contributed by atoms with E-state index < -0.39 is 0 Å². The Bertz CT molecular complexity index is 641. The molecular weight excluding hydrogens is 246 g/mol. The summed E-state index contributed by atoms with van der Waals surface area (Å²) < 4.78 is 5.95. The van der Waals surface area contributed by atoms with Gasteiger partial charge in [0.25, 0.3) is 0 Å². The minimum atomic E-state index is 0.841. The quantitative estimate of drug-likeness (QED) is 0.768. The summed E-state index contributed by atoms with van der Waals surface area (Å²) in [5, 5.41) is 2.04. The van der Waals surface area contributed by atoms with Crippen molar-refractivity contribution in [3.05, 3.63) is 40.6 Å². The Morgan fingerprint density at radius 2 is 2.17 bits per heavy atom. The van der Waals surface area contributed by atoms with Crippen molar-refractivity contribution in [3.8, 4) is 0 Å². The third kappa shape index (κ3) is 1.68. The van der Waals surface area contributed by atoms with Crippen LogP contribution in [0.15, 0.2) is 23.1 Å². The van der Waals surface area contributed by atoms with Crippen LogP contribution in [0.2, 0.25) is 5.02 Å². The van der Waals surface area contributed by atoms with Gasteiger partial charge < -0.3 is 9.32 Å². The number of benzene rings is 1. The monoisotopic (exact) mass is 261 g/mol. The van der Waals surface area contributed by atoms with E-state index in [2.05, 4.69) is 18.5 Å². The lowest BCUT2D eigenvalue weighted by Crippen LogP contribution is -2.18. The first-order valence-electron chi connectivity index (χ1n) is 6.15. The zero-order valence-electron chi connectivity index (χ0n) is 10.7. The Balaban J connectivity index is 2.39. The average molecular weight is 262 g/mol. The molecule has 1 aliphatic rings. The second-order valence-corrected chi connectivity index (χ2v) is 5.48. The fraction of sp³-hybridized carbons (Fsp3) is 0.333. The van der Waals surface area contributed by atoms with Crippen molar-refractivity contribution in [2.45, 2.75) is 19.9 Å². The van der Waals surface area contributed by atoms with Crippen LogP contribution in [0.1, 0.15) is 23.8 Å². The molecule has 3 rings (SSSR count). The van der Waals surface area contributed by atoms with Crippen molar-refractivity contribution < 1.29 is 4.42 Å². The molecule has 94 valence electrons. The number of furan rings is 1. The van der Waals surface area contributed by atoms with E-state index in [4.69, 9.17) is 16.0 Å². The summed E-state index contributed by atoms with van der Waals surface area (Å²) in [5.74, 6) is 0.919. The van der Waals surface area contributed by atoms with E-state index in [-0.39, 0.29) is 0 Å². The highest BCUT2D eigenvalue weighted by molar-refractivity contribution is 6.32. The van der Waals surface area contributed by atoms with Gasteiger partial charge in [-0.1, -0.05) is 18.2 Å². The van der Waals surface area contributed by atoms with Crippen LogP contribution >= 0.6 is 11.6 Å². The highest BCUT2D eigenvalue weighted by Gasteiger charge is 2.23. The molecule has 1 aromatic heterocycles. The van der Waals surface area contributed by atoms with Gasteiger partial charge in [-0.3, -0.25) is 0 Å². The molecule has 0 atom stereocenters. The summed E-state index contributed by atoms with van der Waals surface area (Å²) in [7, 11) is 2.13. The van der Waals surface area contributed by atoms with Gasteiger partial charge >= 0.3 is 0 Å². The van der Waals surface area contributed by atoms with E-state index >= 15 is 0 Å². The Morgan fingerprint density at radius 3 is 2.89 bits per heavy atom. The Kier molecular flexibility index (Phi) is 2.72. The number of halogens is 1. The van der Waals surface area contributed by atoms with E-state index in [1.54, 1.807) is 0 Å². The van der Waals surface area contributed by atoms with Gasteiger partial charge in [-0.05, 0) is 43.7 Å². The van der Waals surface area contributed by atoms with Gasteiger partial charge in [-0.15, -0.1) is 0 Å². The predicted molar refractivity (Wildman–Crippen MR) is 76.0 cm³/mol. The van der Waals surface area contributed by atoms with E-state index in [9.17, 15) is 0 Å². The summed E-state index contributed by atoms with van der Waals surface area (Å²) in [5.41, 5.74) is 4.34. The van der Waals surface area contributed by atoms with Crippen molar-refractivity contribution in [2.75, 3.05) is 13.6 Å². The van der Waals surface area contributed by atoms with Crippen LogP contribution in [0.4, 0.5) is 0 Å². The van der Waals surface area contributed by atoms with Crippen LogP contribution in [0.25, 0.3) is 16.5 Å². The van der Waals surface area contributed by atoms with E-state index in [1.807, 2.05) is 19.1 Å². The minimum Gasteiger partial charge on any atom is -0.456 e. The second kappa shape index (κ2) is 4.15.